The van der Waals surface area contributed by atoms with Crippen molar-refractivity contribution < 1.29 is 0 Å². The van der Waals surface area contributed by atoms with Gasteiger partial charge < -0.3 is 11.5 Å². The minimum absolute atomic E-state index is 0. The highest BCUT2D eigenvalue weighted by Gasteiger charge is 2.19. The standard InChI is InChI=1S/C22H26N4S.2ClH/c23-18-6-7-21(24)20(14-18)19-8-13-27-22(19)16-26-11-9-25(10-12-26)15-17-4-2-1-3-5-17;;/h1-8,13-14H,9-12,15-16,23-24H2;2*1H. The van der Waals surface area contributed by atoms with Gasteiger partial charge in [-0.25, -0.2) is 0 Å². The molecule has 1 aromatic heterocycles. The quantitative estimate of drug-likeness (QED) is 0.550. The Morgan fingerprint density at radius 1 is 0.759 bits per heavy atom. The van der Waals surface area contributed by atoms with Crippen LogP contribution in [0.4, 0.5) is 11.4 Å². The number of nitrogen functional groups attached to an aromatic ring is 2. The van der Waals surface area contributed by atoms with E-state index in [-0.39, 0.29) is 24.8 Å². The maximum absolute atomic E-state index is 6.20. The third-order valence-electron chi connectivity index (χ3n) is 5.19. The molecule has 0 spiro atoms. The molecular weight excluding hydrogens is 423 g/mol. The zero-order valence-corrected chi connectivity index (χ0v) is 18.7. The zero-order valence-electron chi connectivity index (χ0n) is 16.3. The van der Waals surface area contributed by atoms with Crippen LogP contribution >= 0.6 is 36.2 Å². The van der Waals surface area contributed by atoms with Crippen molar-refractivity contribution in [1.29, 1.82) is 0 Å². The summed E-state index contributed by atoms with van der Waals surface area (Å²) in [5.74, 6) is 0. The summed E-state index contributed by atoms with van der Waals surface area (Å²) in [6.45, 7) is 6.42. The number of hydrogen-bond acceptors (Lipinski definition) is 5. The van der Waals surface area contributed by atoms with Gasteiger partial charge in [0, 0.05) is 61.1 Å². The maximum Gasteiger partial charge on any atom is 0.0395 e. The van der Waals surface area contributed by atoms with Gasteiger partial charge in [-0.2, -0.15) is 0 Å². The van der Waals surface area contributed by atoms with Crippen LogP contribution in [0.25, 0.3) is 11.1 Å². The van der Waals surface area contributed by atoms with Crippen molar-refractivity contribution in [2.24, 2.45) is 0 Å². The van der Waals surface area contributed by atoms with E-state index < -0.39 is 0 Å². The first kappa shape index (κ1) is 23.5. The molecule has 4 nitrogen and oxygen atoms in total. The van der Waals surface area contributed by atoms with Crippen molar-refractivity contribution in [3.05, 3.63) is 70.4 Å². The van der Waals surface area contributed by atoms with Gasteiger partial charge in [0.1, 0.15) is 0 Å². The Kier molecular flexibility index (Phi) is 8.80. The predicted octanol–water partition coefficient (Wildman–Crippen LogP) is 4.74. The Hall–Kier alpha value is -1.76. The van der Waals surface area contributed by atoms with Crippen LogP contribution in [0.3, 0.4) is 0 Å². The molecule has 0 aliphatic carbocycles. The van der Waals surface area contributed by atoms with Crippen LogP contribution in [0.1, 0.15) is 10.4 Å². The van der Waals surface area contributed by atoms with Gasteiger partial charge in [-0.15, -0.1) is 36.2 Å². The third kappa shape index (κ3) is 5.87. The Balaban J connectivity index is 0.00000150. The fraction of sp³-hybridized carbons (Fsp3) is 0.273. The number of hydrogen-bond donors (Lipinski definition) is 2. The Morgan fingerprint density at radius 3 is 2.10 bits per heavy atom. The molecule has 1 aliphatic rings. The maximum atomic E-state index is 6.20. The highest BCUT2D eigenvalue weighted by molar-refractivity contribution is 7.10. The molecule has 0 unspecified atom stereocenters. The van der Waals surface area contributed by atoms with Crippen LogP contribution < -0.4 is 11.5 Å². The van der Waals surface area contributed by atoms with Gasteiger partial charge in [-0.1, -0.05) is 30.3 Å². The van der Waals surface area contributed by atoms with E-state index in [2.05, 4.69) is 51.6 Å². The lowest BCUT2D eigenvalue weighted by atomic mass is 10.0. The number of thiophene rings is 1. The second kappa shape index (κ2) is 10.9. The lowest BCUT2D eigenvalue weighted by Crippen LogP contribution is -2.45. The molecule has 29 heavy (non-hydrogen) atoms. The third-order valence-corrected chi connectivity index (χ3v) is 6.10. The molecule has 2 aromatic carbocycles. The first-order valence-corrected chi connectivity index (χ1v) is 10.3. The Labute approximate surface area is 189 Å². The summed E-state index contributed by atoms with van der Waals surface area (Å²) in [5, 5.41) is 2.15. The highest BCUT2D eigenvalue weighted by atomic mass is 35.5. The summed E-state index contributed by atoms with van der Waals surface area (Å²) in [4.78, 5) is 6.44. The monoisotopic (exact) mass is 450 g/mol. The molecule has 4 rings (SSSR count). The summed E-state index contributed by atoms with van der Waals surface area (Å²) in [6.07, 6.45) is 0. The van der Waals surface area contributed by atoms with Gasteiger partial charge in [-0.05, 0) is 40.8 Å². The number of nitrogens with zero attached hydrogens (tertiary/aromatic N) is 2. The molecule has 0 atom stereocenters. The molecule has 0 saturated carbocycles. The van der Waals surface area contributed by atoms with Crippen LogP contribution in [0.5, 0.6) is 0 Å². The number of halogens is 2. The molecule has 0 radical (unpaired) electrons. The van der Waals surface area contributed by atoms with Gasteiger partial charge in [0.25, 0.3) is 0 Å². The van der Waals surface area contributed by atoms with E-state index in [0.29, 0.717) is 0 Å². The lowest BCUT2D eigenvalue weighted by Gasteiger charge is -2.34. The second-order valence-electron chi connectivity index (χ2n) is 7.14. The summed E-state index contributed by atoms with van der Waals surface area (Å²) >= 11 is 1.80. The SMILES string of the molecule is Cl.Cl.Nc1ccc(N)c(-c2ccsc2CN2CCN(Cc3ccccc3)CC2)c1. The molecule has 4 N–H and O–H groups in total. The van der Waals surface area contributed by atoms with E-state index in [0.717, 1.165) is 56.2 Å². The summed E-state index contributed by atoms with van der Waals surface area (Å²) in [7, 11) is 0. The molecule has 1 aliphatic heterocycles. The normalized spacial score (nSPS) is 14.8. The summed E-state index contributed by atoms with van der Waals surface area (Å²) < 4.78 is 0. The first-order valence-electron chi connectivity index (χ1n) is 9.39. The minimum Gasteiger partial charge on any atom is -0.399 e. The van der Waals surface area contributed by atoms with Gasteiger partial charge in [0.15, 0.2) is 0 Å². The van der Waals surface area contributed by atoms with E-state index in [1.54, 1.807) is 11.3 Å². The number of benzene rings is 2. The average molecular weight is 451 g/mol. The van der Waals surface area contributed by atoms with E-state index in [4.69, 9.17) is 11.5 Å². The van der Waals surface area contributed by atoms with E-state index >= 15 is 0 Å². The average Bonchev–Trinajstić information content (AvgIpc) is 3.14. The molecule has 156 valence electrons. The second-order valence-corrected chi connectivity index (χ2v) is 8.14. The fourth-order valence-electron chi connectivity index (χ4n) is 3.66. The molecular formula is C22H28Cl2N4S. The predicted molar refractivity (Wildman–Crippen MR) is 130 cm³/mol. The van der Waals surface area contributed by atoms with Crippen molar-refractivity contribution in [3.8, 4) is 11.1 Å². The van der Waals surface area contributed by atoms with E-state index in [1.165, 1.54) is 16.0 Å². The van der Waals surface area contributed by atoms with Crippen molar-refractivity contribution >= 4 is 47.5 Å². The van der Waals surface area contributed by atoms with Crippen molar-refractivity contribution in [2.45, 2.75) is 13.1 Å². The van der Waals surface area contributed by atoms with Crippen molar-refractivity contribution in [1.82, 2.24) is 9.80 Å². The number of anilines is 2. The van der Waals surface area contributed by atoms with Gasteiger partial charge >= 0.3 is 0 Å². The topological polar surface area (TPSA) is 58.5 Å². The molecule has 1 fully saturated rings. The minimum atomic E-state index is 0. The lowest BCUT2D eigenvalue weighted by molar-refractivity contribution is 0.123. The van der Waals surface area contributed by atoms with Crippen molar-refractivity contribution in [3.63, 3.8) is 0 Å². The first-order chi connectivity index (χ1) is 13.2. The molecule has 0 bridgehead atoms. The smallest absolute Gasteiger partial charge is 0.0395 e. The van der Waals surface area contributed by atoms with Gasteiger partial charge in [-0.3, -0.25) is 9.80 Å². The largest absolute Gasteiger partial charge is 0.399 e. The van der Waals surface area contributed by atoms with Crippen molar-refractivity contribution in [2.75, 3.05) is 37.6 Å². The number of rotatable bonds is 5. The van der Waals surface area contributed by atoms with Crippen LogP contribution in [-0.2, 0) is 13.1 Å². The Bertz CT molecular complexity index is 893. The van der Waals surface area contributed by atoms with Crippen LogP contribution in [0, 0.1) is 0 Å². The highest BCUT2D eigenvalue weighted by Crippen LogP contribution is 2.34. The molecule has 2 heterocycles. The van der Waals surface area contributed by atoms with Gasteiger partial charge in [0.05, 0.1) is 0 Å². The number of nitrogens with two attached hydrogens (primary N) is 2. The van der Waals surface area contributed by atoms with Crippen LogP contribution in [0.2, 0.25) is 0 Å². The number of piperazine rings is 1. The van der Waals surface area contributed by atoms with E-state index in [1.807, 2.05) is 18.2 Å². The zero-order chi connectivity index (χ0) is 18.6. The summed E-state index contributed by atoms with van der Waals surface area (Å²) in [5.41, 5.74) is 17.4. The molecule has 0 amide bonds. The Morgan fingerprint density at radius 2 is 1.41 bits per heavy atom. The summed E-state index contributed by atoms with van der Waals surface area (Å²) in [6, 6.07) is 18.6. The molecule has 1 saturated heterocycles. The van der Waals surface area contributed by atoms with Crippen LogP contribution in [0.15, 0.2) is 60.0 Å². The fourth-order valence-corrected chi connectivity index (χ4v) is 4.59. The van der Waals surface area contributed by atoms with Crippen LogP contribution in [-0.4, -0.2) is 36.0 Å². The molecule has 3 aromatic rings. The molecule has 7 heteroatoms. The van der Waals surface area contributed by atoms with E-state index in [9.17, 15) is 0 Å². The van der Waals surface area contributed by atoms with Gasteiger partial charge in [0.2, 0.25) is 0 Å².